The van der Waals surface area contributed by atoms with Crippen molar-refractivity contribution < 1.29 is 9.53 Å². The SMILES string of the molecule is CCN(CC)C(C)Oc1ccc(C=C2Cc3ccccc3C2=O)cc1. The van der Waals surface area contributed by atoms with Crippen LogP contribution in [0.4, 0.5) is 0 Å². The highest BCUT2D eigenvalue weighted by molar-refractivity contribution is 6.15. The lowest BCUT2D eigenvalue weighted by Crippen LogP contribution is -2.36. The van der Waals surface area contributed by atoms with Crippen molar-refractivity contribution in [2.75, 3.05) is 13.1 Å². The number of benzene rings is 2. The molecule has 3 nitrogen and oxygen atoms in total. The smallest absolute Gasteiger partial charge is 0.189 e. The molecule has 0 fully saturated rings. The van der Waals surface area contributed by atoms with Gasteiger partial charge in [0.15, 0.2) is 5.78 Å². The molecular weight excluding hydrogens is 310 g/mol. The number of ketones is 1. The normalized spacial score (nSPS) is 16.3. The molecule has 130 valence electrons. The number of hydrogen-bond acceptors (Lipinski definition) is 3. The summed E-state index contributed by atoms with van der Waals surface area (Å²) in [5.41, 5.74) is 3.83. The first kappa shape index (κ1) is 17.4. The van der Waals surface area contributed by atoms with Gasteiger partial charge in [0.25, 0.3) is 0 Å². The molecule has 3 heteroatoms. The summed E-state index contributed by atoms with van der Waals surface area (Å²) < 4.78 is 5.99. The van der Waals surface area contributed by atoms with Gasteiger partial charge in [-0.25, -0.2) is 0 Å². The predicted molar refractivity (Wildman–Crippen MR) is 102 cm³/mol. The van der Waals surface area contributed by atoms with Crippen LogP contribution < -0.4 is 4.74 Å². The van der Waals surface area contributed by atoms with Crippen molar-refractivity contribution >= 4 is 11.9 Å². The average Bonchev–Trinajstić information content (AvgIpc) is 2.94. The van der Waals surface area contributed by atoms with Crippen molar-refractivity contribution in [2.24, 2.45) is 0 Å². The summed E-state index contributed by atoms with van der Waals surface area (Å²) in [5.74, 6) is 0.994. The molecule has 0 saturated carbocycles. The number of carbonyl (C=O) groups excluding carboxylic acids is 1. The van der Waals surface area contributed by atoms with Crippen molar-refractivity contribution in [1.29, 1.82) is 0 Å². The van der Waals surface area contributed by atoms with E-state index in [2.05, 4.69) is 25.7 Å². The molecule has 3 rings (SSSR count). The van der Waals surface area contributed by atoms with E-state index in [1.165, 1.54) is 0 Å². The molecule has 2 aromatic rings. The molecule has 0 amide bonds. The largest absolute Gasteiger partial charge is 0.475 e. The maximum absolute atomic E-state index is 12.5. The van der Waals surface area contributed by atoms with Crippen molar-refractivity contribution in [3.63, 3.8) is 0 Å². The van der Waals surface area contributed by atoms with Crippen molar-refractivity contribution in [3.8, 4) is 5.75 Å². The number of allylic oxidation sites excluding steroid dienone is 1. The van der Waals surface area contributed by atoms with E-state index in [1.807, 2.05) is 54.6 Å². The molecule has 0 spiro atoms. The molecule has 0 aromatic heterocycles. The lowest BCUT2D eigenvalue weighted by Gasteiger charge is -2.26. The Morgan fingerprint density at radius 1 is 1.08 bits per heavy atom. The molecule has 0 aliphatic heterocycles. The molecule has 2 aromatic carbocycles. The molecule has 25 heavy (non-hydrogen) atoms. The van der Waals surface area contributed by atoms with Gasteiger partial charge in [0, 0.05) is 17.6 Å². The number of ether oxygens (including phenoxy) is 1. The van der Waals surface area contributed by atoms with Gasteiger partial charge in [0.1, 0.15) is 12.0 Å². The lowest BCUT2D eigenvalue weighted by molar-refractivity contribution is 0.0481. The fourth-order valence-electron chi connectivity index (χ4n) is 3.32. The summed E-state index contributed by atoms with van der Waals surface area (Å²) in [7, 11) is 0. The summed E-state index contributed by atoms with van der Waals surface area (Å²) in [5, 5.41) is 0. The maximum Gasteiger partial charge on any atom is 0.189 e. The van der Waals surface area contributed by atoms with Gasteiger partial charge in [-0.15, -0.1) is 0 Å². The monoisotopic (exact) mass is 335 g/mol. The van der Waals surface area contributed by atoms with Crippen LogP contribution in [0, 0.1) is 0 Å². The minimum atomic E-state index is 0.0464. The number of Topliss-reactive ketones (excluding diaryl/α,β-unsaturated/α-hetero) is 1. The maximum atomic E-state index is 12.5. The van der Waals surface area contributed by atoms with Crippen LogP contribution in [0.1, 0.15) is 42.3 Å². The van der Waals surface area contributed by atoms with E-state index in [1.54, 1.807) is 0 Å². The fourth-order valence-corrected chi connectivity index (χ4v) is 3.32. The third-order valence-corrected chi connectivity index (χ3v) is 4.79. The number of fused-ring (bicyclic) bond motifs is 1. The molecule has 0 radical (unpaired) electrons. The first-order valence-electron chi connectivity index (χ1n) is 8.96. The minimum Gasteiger partial charge on any atom is -0.475 e. The van der Waals surface area contributed by atoms with Crippen molar-refractivity contribution in [2.45, 2.75) is 33.4 Å². The molecule has 0 N–H and O–H groups in total. The standard InChI is InChI=1S/C22H25NO2/c1-4-23(5-2)16(3)25-20-12-10-17(11-13-20)14-19-15-18-8-6-7-9-21(18)22(19)24/h6-14,16H,4-5,15H2,1-3H3. The molecule has 1 unspecified atom stereocenters. The lowest BCUT2D eigenvalue weighted by atomic mass is 10.1. The molecule has 1 aliphatic carbocycles. The number of hydrogen-bond donors (Lipinski definition) is 0. The zero-order chi connectivity index (χ0) is 17.8. The first-order valence-corrected chi connectivity index (χ1v) is 8.96. The van der Waals surface area contributed by atoms with Crippen LogP contribution in [0.5, 0.6) is 5.75 Å². The number of carbonyl (C=O) groups is 1. The van der Waals surface area contributed by atoms with Gasteiger partial charge in [-0.3, -0.25) is 9.69 Å². The van der Waals surface area contributed by atoms with Crippen LogP contribution in [0.3, 0.4) is 0 Å². The summed E-state index contributed by atoms with van der Waals surface area (Å²) in [6, 6.07) is 15.8. The van der Waals surface area contributed by atoms with Gasteiger partial charge in [-0.1, -0.05) is 50.2 Å². The second-order valence-electron chi connectivity index (χ2n) is 6.34. The van der Waals surface area contributed by atoms with E-state index in [4.69, 9.17) is 4.74 Å². The third kappa shape index (κ3) is 3.83. The minimum absolute atomic E-state index is 0.0464. The summed E-state index contributed by atoms with van der Waals surface area (Å²) in [6.45, 7) is 8.26. The molecular formula is C22H25NO2. The second kappa shape index (κ2) is 7.66. The summed E-state index contributed by atoms with van der Waals surface area (Å²) >= 11 is 0. The third-order valence-electron chi connectivity index (χ3n) is 4.79. The molecule has 0 bridgehead atoms. The second-order valence-corrected chi connectivity index (χ2v) is 6.34. The first-order chi connectivity index (χ1) is 12.1. The molecule has 1 atom stereocenters. The topological polar surface area (TPSA) is 29.5 Å². The Labute approximate surface area is 149 Å². The van der Waals surface area contributed by atoms with Gasteiger partial charge >= 0.3 is 0 Å². The Balaban J connectivity index is 1.71. The summed E-state index contributed by atoms with van der Waals surface area (Å²) in [6.07, 6.45) is 2.75. The Morgan fingerprint density at radius 2 is 1.76 bits per heavy atom. The van der Waals surface area contributed by atoms with E-state index in [0.29, 0.717) is 6.42 Å². The average molecular weight is 335 g/mol. The van der Waals surface area contributed by atoms with Gasteiger partial charge in [-0.2, -0.15) is 0 Å². The van der Waals surface area contributed by atoms with E-state index in [0.717, 1.165) is 41.1 Å². The molecule has 0 saturated heterocycles. The zero-order valence-electron chi connectivity index (χ0n) is 15.2. The summed E-state index contributed by atoms with van der Waals surface area (Å²) in [4.78, 5) is 14.7. The predicted octanol–water partition coefficient (Wildman–Crippen LogP) is 4.58. The van der Waals surface area contributed by atoms with Crippen molar-refractivity contribution in [3.05, 3.63) is 70.8 Å². The van der Waals surface area contributed by atoms with E-state index in [-0.39, 0.29) is 12.0 Å². The Morgan fingerprint density at radius 3 is 2.40 bits per heavy atom. The van der Waals surface area contributed by atoms with Crippen LogP contribution in [-0.4, -0.2) is 30.0 Å². The van der Waals surface area contributed by atoms with E-state index < -0.39 is 0 Å². The zero-order valence-corrected chi connectivity index (χ0v) is 15.2. The number of rotatable bonds is 6. The Hall–Kier alpha value is -2.39. The van der Waals surface area contributed by atoms with Crippen molar-refractivity contribution in [1.82, 2.24) is 4.90 Å². The van der Waals surface area contributed by atoms with Crippen LogP contribution in [0.25, 0.3) is 6.08 Å². The van der Waals surface area contributed by atoms with E-state index in [9.17, 15) is 4.79 Å². The quantitative estimate of drug-likeness (QED) is 0.572. The molecule has 0 heterocycles. The highest BCUT2D eigenvalue weighted by Gasteiger charge is 2.23. The fraction of sp³-hybridized carbons (Fsp3) is 0.318. The highest BCUT2D eigenvalue weighted by Crippen LogP contribution is 2.28. The van der Waals surface area contributed by atoms with E-state index >= 15 is 0 Å². The van der Waals surface area contributed by atoms with Crippen LogP contribution in [0.2, 0.25) is 0 Å². The van der Waals surface area contributed by atoms with Crippen LogP contribution in [-0.2, 0) is 6.42 Å². The van der Waals surface area contributed by atoms with Gasteiger partial charge in [-0.05, 0) is 49.3 Å². The van der Waals surface area contributed by atoms with Gasteiger partial charge < -0.3 is 4.74 Å². The van der Waals surface area contributed by atoms with Crippen LogP contribution in [0.15, 0.2) is 54.1 Å². The number of nitrogens with zero attached hydrogens (tertiary/aromatic N) is 1. The van der Waals surface area contributed by atoms with Gasteiger partial charge in [0.2, 0.25) is 0 Å². The Bertz CT molecular complexity index is 773. The highest BCUT2D eigenvalue weighted by atomic mass is 16.5. The Kier molecular flexibility index (Phi) is 5.34. The molecule has 1 aliphatic rings. The van der Waals surface area contributed by atoms with Gasteiger partial charge in [0.05, 0.1) is 0 Å². The van der Waals surface area contributed by atoms with Crippen LogP contribution >= 0.6 is 0 Å².